The summed E-state index contributed by atoms with van der Waals surface area (Å²) in [6, 6.07) is 5.69. The molecule has 0 N–H and O–H groups in total. The highest BCUT2D eigenvalue weighted by atomic mass is 16.6. The number of allylic oxidation sites excluding steroid dienone is 4. The molecule has 0 spiro atoms. The normalized spacial score (nSPS) is 14.3. The van der Waals surface area contributed by atoms with Gasteiger partial charge in [-0.15, -0.1) is 0 Å². The summed E-state index contributed by atoms with van der Waals surface area (Å²) in [7, 11) is 3.16. The lowest BCUT2D eigenvalue weighted by Gasteiger charge is -2.11. The summed E-state index contributed by atoms with van der Waals surface area (Å²) in [5.41, 5.74) is 1.54. The molecule has 0 saturated heterocycles. The number of pyridine rings is 1. The fourth-order valence-corrected chi connectivity index (χ4v) is 1.94. The van der Waals surface area contributed by atoms with E-state index in [1.165, 1.54) is 0 Å². The third-order valence-electron chi connectivity index (χ3n) is 3.06. The summed E-state index contributed by atoms with van der Waals surface area (Å²) in [4.78, 5) is 16.1. The van der Waals surface area contributed by atoms with E-state index in [1.807, 2.05) is 24.3 Å². The SMILES string of the molecule is COC1=CC=C(C=O)CC=C1OCc1cccc[n+]1OC. The van der Waals surface area contributed by atoms with Crippen LogP contribution in [0.2, 0.25) is 0 Å². The predicted octanol–water partition coefficient (Wildman–Crippen LogP) is 1.49. The highest BCUT2D eigenvalue weighted by Crippen LogP contribution is 2.20. The molecule has 5 heteroatoms. The average molecular weight is 288 g/mol. The van der Waals surface area contributed by atoms with E-state index in [9.17, 15) is 4.79 Å². The minimum absolute atomic E-state index is 0.331. The highest BCUT2D eigenvalue weighted by Gasteiger charge is 2.15. The Morgan fingerprint density at radius 3 is 2.81 bits per heavy atom. The molecule has 0 atom stereocenters. The van der Waals surface area contributed by atoms with Gasteiger partial charge in [0, 0.05) is 16.9 Å². The molecule has 0 saturated carbocycles. The second kappa shape index (κ2) is 7.28. The van der Waals surface area contributed by atoms with E-state index in [1.54, 1.807) is 37.3 Å². The van der Waals surface area contributed by atoms with Gasteiger partial charge in [-0.2, -0.15) is 0 Å². The lowest BCUT2D eigenvalue weighted by atomic mass is 10.2. The Labute approximate surface area is 123 Å². The molecule has 1 heterocycles. The molecule has 0 bridgehead atoms. The van der Waals surface area contributed by atoms with Crippen molar-refractivity contribution in [3.8, 4) is 0 Å². The molecular formula is C16H18NO4+. The molecule has 110 valence electrons. The molecule has 1 aliphatic rings. The molecule has 1 aromatic heterocycles. The van der Waals surface area contributed by atoms with Crippen molar-refractivity contribution < 1.29 is 23.8 Å². The van der Waals surface area contributed by atoms with Crippen LogP contribution >= 0.6 is 0 Å². The first-order valence-electron chi connectivity index (χ1n) is 6.56. The largest absolute Gasteiger partial charge is 0.493 e. The van der Waals surface area contributed by atoms with E-state index in [0.717, 1.165) is 12.0 Å². The van der Waals surface area contributed by atoms with Crippen LogP contribution in [-0.2, 0) is 20.9 Å². The highest BCUT2D eigenvalue weighted by molar-refractivity contribution is 5.74. The van der Waals surface area contributed by atoms with Crippen molar-refractivity contribution >= 4 is 6.29 Å². The molecule has 0 amide bonds. The summed E-state index contributed by atoms with van der Waals surface area (Å²) in [5, 5.41) is 0. The Morgan fingerprint density at radius 1 is 1.24 bits per heavy atom. The van der Waals surface area contributed by atoms with Gasteiger partial charge in [-0.25, -0.2) is 0 Å². The Bertz CT molecular complexity index is 602. The van der Waals surface area contributed by atoms with Gasteiger partial charge in [0.2, 0.25) is 6.20 Å². The summed E-state index contributed by atoms with van der Waals surface area (Å²) in [6.45, 7) is 0.331. The minimum atomic E-state index is 0.331. The van der Waals surface area contributed by atoms with E-state index in [-0.39, 0.29) is 0 Å². The van der Waals surface area contributed by atoms with Gasteiger partial charge in [0.15, 0.2) is 18.1 Å². The number of hydrogen-bond donors (Lipinski definition) is 0. The standard InChI is InChI=1S/C16H18NO4/c1-19-15-8-6-13(11-18)7-9-16(15)21-12-14-5-3-4-10-17(14)20-2/h3-6,8-11H,7,12H2,1-2H3/q+1. The Morgan fingerprint density at radius 2 is 2.10 bits per heavy atom. The van der Waals surface area contributed by atoms with Crippen LogP contribution in [0.1, 0.15) is 12.1 Å². The van der Waals surface area contributed by atoms with Crippen molar-refractivity contribution in [1.29, 1.82) is 0 Å². The zero-order valence-corrected chi connectivity index (χ0v) is 12.1. The summed E-state index contributed by atoms with van der Waals surface area (Å²) < 4.78 is 12.7. The van der Waals surface area contributed by atoms with Crippen LogP contribution in [-0.4, -0.2) is 20.5 Å². The number of aldehydes is 1. The molecule has 0 unspecified atom stereocenters. The van der Waals surface area contributed by atoms with Gasteiger partial charge in [0.25, 0.3) is 5.69 Å². The smallest absolute Gasteiger partial charge is 0.271 e. The molecule has 2 rings (SSSR count). The van der Waals surface area contributed by atoms with E-state index < -0.39 is 0 Å². The van der Waals surface area contributed by atoms with Crippen LogP contribution < -0.4 is 9.57 Å². The molecule has 0 radical (unpaired) electrons. The van der Waals surface area contributed by atoms with Crippen LogP contribution in [0.25, 0.3) is 0 Å². The number of methoxy groups -OCH3 is 1. The van der Waals surface area contributed by atoms with Crippen molar-refractivity contribution in [3.63, 3.8) is 0 Å². The topological polar surface area (TPSA) is 48.6 Å². The van der Waals surface area contributed by atoms with Gasteiger partial charge in [-0.1, -0.05) is 6.08 Å². The second-order valence-corrected chi connectivity index (χ2v) is 4.36. The molecule has 5 nitrogen and oxygen atoms in total. The number of aromatic nitrogens is 1. The maximum Gasteiger partial charge on any atom is 0.271 e. The van der Waals surface area contributed by atoms with E-state index in [4.69, 9.17) is 14.3 Å². The molecule has 0 aliphatic heterocycles. The molecule has 21 heavy (non-hydrogen) atoms. The molecule has 0 aromatic carbocycles. The lowest BCUT2D eigenvalue weighted by Crippen LogP contribution is -2.44. The first kappa shape index (κ1) is 14.8. The monoisotopic (exact) mass is 288 g/mol. The van der Waals surface area contributed by atoms with Crippen LogP contribution in [0.15, 0.2) is 59.7 Å². The summed E-state index contributed by atoms with van der Waals surface area (Å²) >= 11 is 0. The number of ether oxygens (including phenoxy) is 2. The number of carbonyl (C=O) groups is 1. The van der Waals surface area contributed by atoms with Gasteiger partial charge >= 0.3 is 0 Å². The maximum absolute atomic E-state index is 10.8. The van der Waals surface area contributed by atoms with Crippen LogP contribution in [0, 0.1) is 0 Å². The fourth-order valence-electron chi connectivity index (χ4n) is 1.94. The zero-order chi connectivity index (χ0) is 15.1. The molecule has 0 fully saturated rings. The number of rotatable bonds is 6. The fraction of sp³-hybridized carbons (Fsp3) is 0.250. The van der Waals surface area contributed by atoms with Gasteiger partial charge in [0.1, 0.15) is 13.4 Å². The van der Waals surface area contributed by atoms with Gasteiger partial charge < -0.3 is 9.47 Å². The predicted molar refractivity (Wildman–Crippen MR) is 75.9 cm³/mol. The zero-order valence-electron chi connectivity index (χ0n) is 12.1. The Hall–Kier alpha value is -2.56. The average Bonchev–Trinajstić information content (AvgIpc) is 2.74. The third-order valence-corrected chi connectivity index (χ3v) is 3.06. The Kier molecular flexibility index (Phi) is 5.15. The van der Waals surface area contributed by atoms with Crippen molar-refractivity contribution in [2.75, 3.05) is 14.2 Å². The van der Waals surface area contributed by atoms with E-state index >= 15 is 0 Å². The molecular weight excluding hydrogens is 270 g/mol. The van der Waals surface area contributed by atoms with E-state index in [0.29, 0.717) is 30.1 Å². The number of carbonyl (C=O) groups excluding carboxylic acids is 1. The number of hydrogen-bond acceptors (Lipinski definition) is 4. The first-order chi connectivity index (χ1) is 10.3. The molecule has 1 aliphatic carbocycles. The minimum Gasteiger partial charge on any atom is -0.493 e. The van der Waals surface area contributed by atoms with Crippen molar-refractivity contribution in [2.24, 2.45) is 0 Å². The van der Waals surface area contributed by atoms with Crippen LogP contribution in [0.4, 0.5) is 0 Å². The second-order valence-electron chi connectivity index (χ2n) is 4.36. The van der Waals surface area contributed by atoms with Crippen molar-refractivity contribution in [2.45, 2.75) is 13.0 Å². The maximum atomic E-state index is 10.8. The van der Waals surface area contributed by atoms with E-state index in [2.05, 4.69) is 0 Å². The first-order valence-corrected chi connectivity index (χ1v) is 6.56. The third kappa shape index (κ3) is 3.72. The number of nitrogens with zero attached hydrogens (tertiary/aromatic N) is 1. The quantitative estimate of drug-likeness (QED) is 0.588. The van der Waals surface area contributed by atoms with Crippen molar-refractivity contribution in [3.05, 3.63) is 65.4 Å². The summed E-state index contributed by atoms with van der Waals surface area (Å²) in [5.74, 6) is 1.20. The Balaban J connectivity index is 2.12. The van der Waals surface area contributed by atoms with Crippen LogP contribution in [0.3, 0.4) is 0 Å². The summed E-state index contributed by atoms with van der Waals surface area (Å²) in [6.07, 6.45) is 8.46. The van der Waals surface area contributed by atoms with Crippen molar-refractivity contribution in [1.82, 2.24) is 0 Å². The van der Waals surface area contributed by atoms with Gasteiger partial charge in [0.05, 0.1) is 7.11 Å². The lowest BCUT2D eigenvalue weighted by molar-refractivity contribution is -0.891. The van der Waals surface area contributed by atoms with Gasteiger partial charge in [-0.05, 0) is 30.2 Å². The van der Waals surface area contributed by atoms with Crippen LogP contribution in [0.5, 0.6) is 0 Å². The van der Waals surface area contributed by atoms with Gasteiger partial charge in [-0.3, -0.25) is 9.63 Å². The molecule has 1 aromatic rings.